The number of benzene rings is 2. The number of hydrogen-bond acceptors (Lipinski definition) is 12. The van der Waals surface area contributed by atoms with Gasteiger partial charge in [0.2, 0.25) is 5.82 Å². The highest BCUT2D eigenvalue weighted by Gasteiger charge is 2.53. The first kappa shape index (κ1) is 44.3. The van der Waals surface area contributed by atoms with Crippen molar-refractivity contribution in [1.82, 2.24) is 24.6 Å². The number of piperidine rings is 1. The van der Waals surface area contributed by atoms with Crippen molar-refractivity contribution in [2.24, 2.45) is 16.7 Å². The number of ether oxygens (including phenoxy) is 2. The third kappa shape index (κ3) is 8.86. The number of fused-ring (bicyclic) bond motifs is 1. The third-order valence-corrected chi connectivity index (χ3v) is 16.7. The number of sulfonamides is 1. The summed E-state index contributed by atoms with van der Waals surface area (Å²) in [5.41, 5.74) is 4.30. The summed E-state index contributed by atoms with van der Waals surface area (Å²) in [6, 6.07) is 19.2. The second kappa shape index (κ2) is 17.3. The Morgan fingerprint density at radius 3 is 2.48 bits per heavy atom. The fraction of sp³-hybridized carbons (Fsp3) is 0.500. The Morgan fingerprint density at radius 1 is 0.955 bits per heavy atom. The molecule has 3 aromatic heterocycles. The normalized spacial score (nSPS) is 22.5. The van der Waals surface area contributed by atoms with E-state index in [4.69, 9.17) is 9.47 Å². The van der Waals surface area contributed by atoms with E-state index in [-0.39, 0.29) is 33.5 Å². The standard InChI is InChI=1S/C50H60N8O7S/c1-48(2)15-12-33(13-16-48)29-52-46-43(58(60)61)26-39(31-54-46)66(62,63)55-47(59)41-11-10-36(25-44(41)65-38-24-35-14-19-51-45(35)53-30-38)56-20-17-50(18-21-56)27-37(28-50)57-22-23-64-32-49(57,3)42-7-5-4-6-40(42)34-8-9-34/h4-7,10-11,14,19,24-26,30-31,33-34,37H,8-9,12-13,15-18,20-23,27-29,32H2,1-3H3,(H,51,53)(H,52,54)(H,55,59)/t49-/m0/s1. The largest absolute Gasteiger partial charge is 0.455 e. The number of anilines is 2. The highest BCUT2D eigenvalue weighted by molar-refractivity contribution is 7.90. The predicted molar refractivity (Wildman–Crippen MR) is 253 cm³/mol. The molecule has 3 aliphatic carbocycles. The molecule has 5 aliphatic rings. The summed E-state index contributed by atoms with van der Waals surface area (Å²) in [6.45, 7) is 11.4. The zero-order valence-corrected chi connectivity index (χ0v) is 38.9. The van der Waals surface area contributed by atoms with Gasteiger partial charge in [0.25, 0.3) is 15.9 Å². The van der Waals surface area contributed by atoms with Gasteiger partial charge in [-0.1, -0.05) is 38.1 Å². The Labute approximate surface area is 386 Å². The van der Waals surface area contributed by atoms with E-state index in [0.29, 0.717) is 42.4 Å². The molecule has 66 heavy (non-hydrogen) atoms. The van der Waals surface area contributed by atoms with Crippen LogP contribution in [0, 0.1) is 26.9 Å². The number of hydrogen-bond donors (Lipinski definition) is 3. The van der Waals surface area contributed by atoms with Crippen LogP contribution < -0.4 is 19.7 Å². The molecule has 0 bridgehead atoms. The van der Waals surface area contributed by atoms with Gasteiger partial charge in [-0.15, -0.1) is 0 Å². The van der Waals surface area contributed by atoms with Crippen LogP contribution in [0.4, 0.5) is 17.2 Å². The average molecular weight is 917 g/mol. The van der Waals surface area contributed by atoms with E-state index in [1.807, 2.05) is 12.1 Å². The molecule has 2 saturated heterocycles. The zero-order chi connectivity index (χ0) is 45.8. The molecular formula is C50H60N8O7S. The average Bonchev–Trinajstić information content (AvgIpc) is 4.04. The maximum Gasteiger partial charge on any atom is 0.312 e. The van der Waals surface area contributed by atoms with E-state index in [1.54, 1.807) is 30.6 Å². The summed E-state index contributed by atoms with van der Waals surface area (Å²) in [5, 5.41) is 16.1. The van der Waals surface area contributed by atoms with E-state index in [0.717, 1.165) is 101 Å². The minimum absolute atomic E-state index is 0.0134. The van der Waals surface area contributed by atoms with Gasteiger partial charge in [-0.25, -0.2) is 23.1 Å². The van der Waals surface area contributed by atoms with Crippen LogP contribution in [0.3, 0.4) is 0 Å². The number of carbonyl (C=O) groups is 1. The van der Waals surface area contributed by atoms with E-state index >= 15 is 0 Å². The Bertz CT molecular complexity index is 2750. The molecule has 5 fully saturated rings. The molecule has 1 amide bonds. The Balaban J connectivity index is 0.840. The SMILES string of the molecule is CC1(C)CCC(CNc2ncc(S(=O)(=O)NC(=O)c3ccc(N4CCC5(CC4)CC(N4CCOC[C@@]4(C)c4ccccc4C4CC4)C5)cc3Oc3cnc4[nH]ccc4c3)cc2[N+](=O)[O-])CC1. The maximum atomic E-state index is 14.0. The lowest BCUT2D eigenvalue weighted by Gasteiger charge is -2.60. The predicted octanol–water partition coefficient (Wildman–Crippen LogP) is 9.28. The molecule has 15 nitrogen and oxygen atoms in total. The summed E-state index contributed by atoms with van der Waals surface area (Å²) < 4.78 is 42.2. The number of rotatable bonds is 13. The number of nitro groups is 1. The molecule has 5 heterocycles. The van der Waals surface area contributed by atoms with Crippen LogP contribution >= 0.6 is 0 Å². The van der Waals surface area contributed by atoms with E-state index < -0.39 is 31.4 Å². The topological polar surface area (TPSA) is 185 Å². The summed E-state index contributed by atoms with van der Waals surface area (Å²) in [6.07, 6.45) is 15.3. The molecule has 348 valence electrons. The minimum Gasteiger partial charge on any atom is -0.455 e. The van der Waals surface area contributed by atoms with Gasteiger partial charge in [-0.2, -0.15) is 0 Å². The number of carbonyl (C=O) groups excluding carboxylic acids is 1. The van der Waals surface area contributed by atoms with E-state index in [9.17, 15) is 23.3 Å². The van der Waals surface area contributed by atoms with Crippen molar-refractivity contribution < 1.29 is 27.6 Å². The maximum absolute atomic E-state index is 14.0. The quantitative estimate of drug-likeness (QED) is 0.0753. The van der Waals surface area contributed by atoms with Gasteiger partial charge in [-0.05, 0) is 129 Å². The molecule has 16 heteroatoms. The van der Waals surface area contributed by atoms with Gasteiger partial charge >= 0.3 is 5.69 Å². The van der Waals surface area contributed by atoms with Crippen LogP contribution in [0.15, 0.2) is 84.1 Å². The second-order valence-electron chi connectivity index (χ2n) is 20.5. The molecule has 10 rings (SSSR count). The van der Waals surface area contributed by atoms with E-state index in [1.165, 1.54) is 24.0 Å². The van der Waals surface area contributed by atoms with Crippen LogP contribution in [-0.4, -0.2) is 84.5 Å². The smallest absolute Gasteiger partial charge is 0.312 e. The molecule has 5 aromatic rings. The number of H-pyrrole nitrogens is 1. The van der Waals surface area contributed by atoms with Crippen molar-refractivity contribution in [2.75, 3.05) is 49.6 Å². The fourth-order valence-electron chi connectivity index (χ4n) is 11.2. The van der Waals surface area contributed by atoms with Gasteiger partial charge < -0.3 is 24.7 Å². The Kier molecular flexibility index (Phi) is 11.6. The number of nitrogens with one attached hydrogen (secondary N) is 3. The van der Waals surface area contributed by atoms with Crippen molar-refractivity contribution in [3.8, 4) is 11.5 Å². The fourth-order valence-corrected chi connectivity index (χ4v) is 12.1. The lowest BCUT2D eigenvalue weighted by Crippen LogP contribution is -2.63. The van der Waals surface area contributed by atoms with Crippen molar-refractivity contribution in [1.29, 1.82) is 0 Å². The van der Waals surface area contributed by atoms with Crippen LogP contribution in [0.1, 0.15) is 112 Å². The van der Waals surface area contributed by atoms with E-state index in [2.05, 4.69) is 79.8 Å². The number of nitrogens with zero attached hydrogens (tertiary/aromatic N) is 5. The van der Waals surface area contributed by atoms with Crippen LogP contribution in [0.5, 0.6) is 11.5 Å². The number of amides is 1. The minimum atomic E-state index is -4.61. The summed E-state index contributed by atoms with van der Waals surface area (Å²) >= 11 is 0. The number of morpholine rings is 1. The number of pyridine rings is 2. The first-order valence-electron chi connectivity index (χ1n) is 23.6. The summed E-state index contributed by atoms with van der Waals surface area (Å²) in [4.78, 5) is 41.7. The first-order valence-corrected chi connectivity index (χ1v) is 25.1. The molecule has 2 aromatic carbocycles. The first-order chi connectivity index (χ1) is 31.7. The van der Waals surface area contributed by atoms with Gasteiger partial charge in [0.15, 0.2) is 0 Å². The third-order valence-electron chi connectivity index (χ3n) is 15.4. The van der Waals surface area contributed by atoms with Crippen molar-refractivity contribution in [3.05, 3.63) is 106 Å². The molecule has 0 radical (unpaired) electrons. The Hall–Kier alpha value is -5.58. The van der Waals surface area contributed by atoms with Gasteiger partial charge in [0.1, 0.15) is 22.0 Å². The molecule has 3 N–H and O–H groups in total. The van der Waals surface area contributed by atoms with Gasteiger partial charge in [0.05, 0.1) is 41.6 Å². The lowest BCUT2D eigenvalue weighted by atomic mass is 9.59. The molecule has 1 spiro atoms. The highest BCUT2D eigenvalue weighted by atomic mass is 32.2. The molecule has 1 atom stereocenters. The Morgan fingerprint density at radius 2 is 1.73 bits per heavy atom. The molecule has 3 saturated carbocycles. The second-order valence-corrected chi connectivity index (χ2v) is 22.2. The van der Waals surface area contributed by atoms with Crippen LogP contribution in [-0.2, 0) is 20.3 Å². The summed E-state index contributed by atoms with van der Waals surface area (Å²) in [5.74, 6) is 0.536. The van der Waals surface area contributed by atoms with Crippen LogP contribution in [0.2, 0.25) is 0 Å². The molecule has 0 unspecified atom stereocenters. The monoisotopic (exact) mass is 916 g/mol. The van der Waals surface area contributed by atoms with Crippen molar-refractivity contribution in [2.45, 2.75) is 107 Å². The summed E-state index contributed by atoms with van der Waals surface area (Å²) in [7, 11) is -4.61. The molecular weight excluding hydrogens is 857 g/mol. The zero-order valence-electron chi connectivity index (χ0n) is 38.1. The van der Waals surface area contributed by atoms with Crippen LogP contribution in [0.25, 0.3) is 11.0 Å². The highest BCUT2D eigenvalue weighted by Crippen LogP contribution is 2.55. The number of aromatic nitrogens is 3. The van der Waals surface area contributed by atoms with Crippen molar-refractivity contribution >= 4 is 44.2 Å². The number of aromatic amines is 1. The van der Waals surface area contributed by atoms with Gasteiger partial charge in [-0.3, -0.25) is 19.8 Å². The van der Waals surface area contributed by atoms with Gasteiger partial charge in [0, 0.05) is 61.6 Å². The molecule has 2 aliphatic heterocycles. The lowest BCUT2D eigenvalue weighted by molar-refractivity contribution is -0.384. The van der Waals surface area contributed by atoms with Crippen molar-refractivity contribution in [3.63, 3.8) is 0 Å².